The van der Waals surface area contributed by atoms with E-state index in [9.17, 15) is 28.8 Å². The third-order valence-electron chi connectivity index (χ3n) is 6.31. The maximum Gasteiger partial charge on any atom is 0.333 e. The van der Waals surface area contributed by atoms with Crippen molar-refractivity contribution in [3.8, 4) is 0 Å². The average Bonchev–Trinajstić information content (AvgIpc) is 2.96. The summed E-state index contributed by atoms with van der Waals surface area (Å²) < 4.78 is 19.7. The molecule has 12 heteroatoms. The van der Waals surface area contributed by atoms with Gasteiger partial charge < -0.3 is 29.6 Å². The fourth-order valence-corrected chi connectivity index (χ4v) is 4.09. The third-order valence-corrected chi connectivity index (χ3v) is 6.31. The van der Waals surface area contributed by atoms with Crippen molar-refractivity contribution in [2.75, 3.05) is 37.1 Å². The van der Waals surface area contributed by atoms with Crippen molar-refractivity contribution in [1.29, 1.82) is 0 Å². The van der Waals surface area contributed by atoms with Gasteiger partial charge in [-0.3, -0.25) is 28.8 Å². The van der Waals surface area contributed by atoms with Gasteiger partial charge in [0.1, 0.15) is 0 Å². The number of amides is 2. The molecule has 2 rings (SSSR count). The van der Waals surface area contributed by atoms with E-state index in [-0.39, 0.29) is 32.8 Å². The van der Waals surface area contributed by atoms with Gasteiger partial charge in [-0.15, -0.1) is 0 Å². The van der Waals surface area contributed by atoms with E-state index >= 15 is 0 Å². The Morgan fingerprint density at radius 1 is 0.605 bits per heavy atom. The van der Waals surface area contributed by atoms with E-state index in [1.54, 1.807) is 76.2 Å². The zero-order chi connectivity index (χ0) is 32.0. The van der Waals surface area contributed by atoms with Gasteiger partial charge in [-0.05, 0) is 75.9 Å². The van der Waals surface area contributed by atoms with E-state index in [0.29, 0.717) is 17.8 Å². The Hall–Kier alpha value is -4.74. The molecule has 2 aromatic carbocycles. The Morgan fingerprint density at radius 2 is 1.00 bits per heavy atom. The second kappa shape index (κ2) is 16.6. The lowest BCUT2D eigenvalue weighted by molar-refractivity contribution is -0.174. The van der Waals surface area contributed by atoms with Gasteiger partial charge in [-0.25, -0.2) is 0 Å². The number of carbonyl (C=O) groups excluding carboxylic acids is 6. The Morgan fingerprint density at radius 3 is 1.37 bits per heavy atom. The second-order valence-electron chi connectivity index (χ2n) is 9.15. The highest BCUT2D eigenvalue weighted by molar-refractivity contribution is 6.23. The lowest BCUT2D eigenvalue weighted by Crippen LogP contribution is -2.50. The van der Waals surface area contributed by atoms with Crippen LogP contribution in [-0.2, 0) is 54.1 Å². The number of nitrogens with one attached hydrogen (secondary N) is 2. The molecule has 232 valence electrons. The normalized spacial score (nSPS) is 10.8. The lowest BCUT2D eigenvalue weighted by Gasteiger charge is -2.26. The molecule has 12 nitrogen and oxygen atoms in total. The van der Waals surface area contributed by atoms with Crippen LogP contribution in [0.25, 0.3) is 0 Å². The van der Waals surface area contributed by atoms with E-state index < -0.39 is 47.0 Å². The SMILES string of the molecule is CCOC(=O)C(C(=O)Nc1ccc(Cc2ccc(NC(=O)C(CC)(C(=O)OCC)C(=O)OCC)cc2)cc1)C(=O)OCC. The molecule has 0 heterocycles. The number of ether oxygens (including phenoxy) is 4. The Kier molecular flexibility index (Phi) is 13.3. The fraction of sp³-hybridized carbons (Fsp3) is 0.419. The largest absolute Gasteiger partial charge is 0.465 e. The van der Waals surface area contributed by atoms with Crippen molar-refractivity contribution in [2.24, 2.45) is 11.3 Å². The molecule has 0 unspecified atom stereocenters. The van der Waals surface area contributed by atoms with Gasteiger partial charge in [0.15, 0.2) is 0 Å². The van der Waals surface area contributed by atoms with Crippen LogP contribution in [0, 0.1) is 11.3 Å². The number of hydrogen-bond donors (Lipinski definition) is 2. The first-order chi connectivity index (χ1) is 20.6. The number of hydrogen-bond acceptors (Lipinski definition) is 10. The van der Waals surface area contributed by atoms with Crippen molar-refractivity contribution in [1.82, 2.24) is 0 Å². The zero-order valence-electron chi connectivity index (χ0n) is 25.0. The predicted molar refractivity (Wildman–Crippen MR) is 156 cm³/mol. The quantitative estimate of drug-likeness (QED) is 0.176. The molecule has 2 amide bonds. The molecule has 0 atom stereocenters. The molecule has 0 aliphatic heterocycles. The van der Waals surface area contributed by atoms with Crippen molar-refractivity contribution >= 4 is 47.1 Å². The minimum Gasteiger partial charge on any atom is -0.465 e. The van der Waals surface area contributed by atoms with Crippen LogP contribution in [0.15, 0.2) is 48.5 Å². The van der Waals surface area contributed by atoms with Gasteiger partial charge in [0.2, 0.25) is 17.2 Å². The van der Waals surface area contributed by atoms with Gasteiger partial charge in [-0.2, -0.15) is 0 Å². The van der Waals surface area contributed by atoms with Crippen LogP contribution in [0.2, 0.25) is 0 Å². The fourth-order valence-electron chi connectivity index (χ4n) is 4.09. The topological polar surface area (TPSA) is 163 Å². The summed E-state index contributed by atoms with van der Waals surface area (Å²) in [5, 5.41) is 5.16. The molecule has 0 radical (unpaired) electrons. The maximum atomic E-state index is 13.2. The molecular weight excluding hydrogens is 560 g/mol. The van der Waals surface area contributed by atoms with E-state index in [0.717, 1.165) is 11.1 Å². The van der Waals surface area contributed by atoms with Crippen molar-refractivity contribution in [2.45, 2.75) is 47.5 Å². The molecule has 0 spiro atoms. The highest BCUT2D eigenvalue weighted by Crippen LogP contribution is 2.29. The third kappa shape index (κ3) is 8.87. The standard InChI is InChI=1S/C31H38N2O10/c1-6-31(29(38)42-9-4,30(39)43-10-5)28(37)33-23-17-13-21(14-18-23)19-20-11-15-22(16-12-20)32-25(34)24(26(35)40-7-2)27(36)41-8-3/h11-18,24H,6-10,19H2,1-5H3,(H,32,34)(H,33,37). The molecule has 43 heavy (non-hydrogen) atoms. The van der Waals surface area contributed by atoms with Crippen LogP contribution in [0.1, 0.15) is 52.2 Å². The van der Waals surface area contributed by atoms with Gasteiger partial charge in [0, 0.05) is 11.4 Å². The minimum absolute atomic E-state index is 0.00296. The van der Waals surface area contributed by atoms with Crippen molar-refractivity contribution < 1.29 is 47.7 Å². The van der Waals surface area contributed by atoms with Crippen LogP contribution in [0.5, 0.6) is 0 Å². The highest BCUT2D eigenvalue weighted by atomic mass is 16.6. The number of benzene rings is 2. The van der Waals surface area contributed by atoms with Crippen LogP contribution < -0.4 is 10.6 Å². The molecule has 0 bridgehead atoms. The molecule has 0 saturated carbocycles. The van der Waals surface area contributed by atoms with Gasteiger partial charge >= 0.3 is 23.9 Å². The summed E-state index contributed by atoms with van der Waals surface area (Å²) in [5.41, 5.74) is 0.381. The number of rotatable bonds is 15. The summed E-state index contributed by atoms with van der Waals surface area (Å²) in [4.78, 5) is 75.5. The molecule has 0 fully saturated rings. The highest BCUT2D eigenvalue weighted by Gasteiger charge is 2.54. The summed E-state index contributed by atoms with van der Waals surface area (Å²) in [5.74, 6) is -7.36. The Bertz CT molecular complexity index is 1250. The zero-order valence-corrected chi connectivity index (χ0v) is 25.0. The first-order valence-electron chi connectivity index (χ1n) is 14.1. The molecular formula is C31H38N2O10. The van der Waals surface area contributed by atoms with Crippen LogP contribution in [0.4, 0.5) is 11.4 Å². The van der Waals surface area contributed by atoms with Gasteiger partial charge in [0.05, 0.1) is 26.4 Å². The summed E-state index contributed by atoms with van der Waals surface area (Å²) in [6.45, 7) is 7.83. The number of anilines is 2. The second-order valence-corrected chi connectivity index (χ2v) is 9.15. The summed E-state index contributed by atoms with van der Waals surface area (Å²) >= 11 is 0. The van der Waals surface area contributed by atoms with Crippen LogP contribution >= 0.6 is 0 Å². The molecule has 2 aromatic rings. The monoisotopic (exact) mass is 598 g/mol. The summed E-state index contributed by atoms with van der Waals surface area (Å²) in [6, 6.07) is 13.6. The Balaban J connectivity index is 2.11. The summed E-state index contributed by atoms with van der Waals surface area (Å²) in [6.07, 6.45) is 0.360. The number of esters is 4. The first kappa shape index (κ1) is 34.5. The summed E-state index contributed by atoms with van der Waals surface area (Å²) in [7, 11) is 0. The maximum absolute atomic E-state index is 13.2. The Labute approximate surface area is 250 Å². The van der Waals surface area contributed by atoms with Gasteiger partial charge in [-0.1, -0.05) is 31.2 Å². The van der Waals surface area contributed by atoms with Gasteiger partial charge in [0.25, 0.3) is 5.91 Å². The van der Waals surface area contributed by atoms with E-state index in [2.05, 4.69) is 10.6 Å². The first-order valence-corrected chi connectivity index (χ1v) is 14.1. The van der Waals surface area contributed by atoms with E-state index in [1.807, 2.05) is 0 Å². The van der Waals surface area contributed by atoms with E-state index in [1.165, 1.54) is 6.92 Å². The van der Waals surface area contributed by atoms with Crippen molar-refractivity contribution in [3.63, 3.8) is 0 Å². The molecule has 0 saturated heterocycles. The lowest BCUT2D eigenvalue weighted by atomic mass is 9.83. The predicted octanol–water partition coefficient (Wildman–Crippen LogP) is 3.42. The molecule has 0 aromatic heterocycles. The van der Waals surface area contributed by atoms with Crippen molar-refractivity contribution in [3.05, 3.63) is 59.7 Å². The smallest absolute Gasteiger partial charge is 0.333 e. The van der Waals surface area contributed by atoms with Crippen LogP contribution in [0.3, 0.4) is 0 Å². The van der Waals surface area contributed by atoms with Crippen LogP contribution in [-0.4, -0.2) is 62.1 Å². The molecule has 0 aliphatic rings. The minimum atomic E-state index is -2.13. The number of carbonyl (C=O) groups is 6. The average molecular weight is 599 g/mol. The molecule has 0 aliphatic carbocycles. The van der Waals surface area contributed by atoms with E-state index in [4.69, 9.17) is 18.9 Å². The molecule has 2 N–H and O–H groups in total.